The van der Waals surface area contributed by atoms with Crippen LogP contribution in [0.3, 0.4) is 0 Å². The van der Waals surface area contributed by atoms with Crippen molar-refractivity contribution in [3.05, 3.63) is 0 Å². The fourth-order valence-electron chi connectivity index (χ4n) is 2.52. The van der Waals surface area contributed by atoms with Gasteiger partial charge in [0, 0.05) is 19.1 Å². The molecule has 1 fully saturated rings. The Kier molecular flexibility index (Phi) is 8.12. The van der Waals surface area contributed by atoms with Crippen molar-refractivity contribution < 1.29 is 14.7 Å². The van der Waals surface area contributed by atoms with E-state index in [1.54, 1.807) is 6.92 Å². The van der Waals surface area contributed by atoms with Gasteiger partial charge >= 0.3 is 12.0 Å². The number of urea groups is 1. The molecule has 6 nitrogen and oxygen atoms in total. The first-order valence-electron chi connectivity index (χ1n) is 7.99. The predicted molar refractivity (Wildman–Crippen MR) is 82.3 cm³/mol. The molecule has 21 heavy (non-hydrogen) atoms. The summed E-state index contributed by atoms with van der Waals surface area (Å²) >= 11 is 0. The number of aliphatic carboxylic acids is 1. The molecule has 2 unspecified atom stereocenters. The summed E-state index contributed by atoms with van der Waals surface area (Å²) in [5.41, 5.74) is 0. The number of piperidine rings is 1. The van der Waals surface area contributed by atoms with Crippen LogP contribution >= 0.6 is 0 Å². The van der Waals surface area contributed by atoms with Crippen molar-refractivity contribution in [1.29, 1.82) is 0 Å². The van der Waals surface area contributed by atoms with E-state index in [-0.39, 0.29) is 11.9 Å². The number of nitrogens with one attached hydrogen (secondary N) is 2. The molecule has 1 aliphatic heterocycles. The topological polar surface area (TPSA) is 81.7 Å². The van der Waals surface area contributed by atoms with Crippen LogP contribution < -0.4 is 10.6 Å². The molecule has 0 aromatic rings. The second-order valence-corrected chi connectivity index (χ2v) is 5.96. The third-order valence-electron chi connectivity index (χ3n) is 4.09. The van der Waals surface area contributed by atoms with Gasteiger partial charge in [-0.2, -0.15) is 0 Å². The molecule has 2 atom stereocenters. The molecule has 3 N–H and O–H groups in total. The number of amides is 2. The van der Waals surface area contributed by atoms with Crippen LogP contribution in [-0.4, -0.2) is 54.2 Å². The van der Waals surface area contributed by atoms with E-state index in [1.165, 1.54) is 19.3 Å². The highest BCUT2D eigenvalue weighted by Gasteiger charge is 2.17. The van der Waals surface area contributed by atoms with E-state index in [4.69, 9.17) is 5.11 Å². The maximum absolute atomic E-state index is 11.7. The summed E-state index contributed by atoms with van der Waals surface area (Å²) in [6.07, 6.45) is 5.07. The summed E-state index contributed by atoms with van der Waals surface area (Å²) in [6.45, 7) is 7.23. The largest absolute Gasteiger partial charge is 0.481 e. The minimum absolute atomic E-state index is 0.165. The molecule has 0 saturated carbocycles. The van der Waals surface area contributed by atoms with Crippen LogP contribution in [0.2, 0.25) is 0 Å². The van der Waals surface area contributed by atoms with Gasteiger partial charge in [0.25, 0.3) is 0 Å². The average Bonchev–Trinajstić information content (AvgIpc) is 2.49. The van der Waals surface area contributed by atoms with Crippen molar-refractivity contribution in [3.8, 4) is 0 Å². The molecule has 1 saturated heterocycles. The summed E-state index contributed by atoms with van der Waals surface area (Å²) in [7, 11) is 0. The van der Waals surface area contributed by atoms with Crippen LogP contribution in [0.1, 0.15) is 46.0 Å². The monoisotopic (exact) mass is 299 g/mol. The molecular formula is C15H29N3O3. The first kappa shape index (κ1) is 17.8. The average molecular weight is 299 g/mol. The van der Waals surface area contributed by atoms with Gasteiger partial charge in [-0.3, -0.25) is 9.69 Å². The van der Waals surface area contributed by atoms with Gasteiger partial charge in [-0.05, 0) is 45.7 Å². The Hall–Kier alpha value is -1.30. The van der Waals surface area contributed by atoms with Gasteiger partial charge in [0.2, 0.25) is 0 Å². The Morgan fingerprint density at radius 2 is 1.81 bits per heavy atom. The highest BCUT2D eigenvalue weighted by atomic mass is 16.4. The zero-order valence-corrected chi connectivity index (χ0v) is 13.2. The number of carboxylic acid groups (broad SMARTS) is 1. The lowest BCUT2D eigenvalue weighted by Gasteiger charge is -2.32. The zero-order chi connectivity index (χ0) is 15.7. The van der Waals surface area contributed by atoms with Crippen LogP contribution in [0.4, 0.5) is 4.79 Å². The van der Waals surface area contributed by atoms with Crippen molar-refractivity contribution in [1.82, 2.24) is 15.5 Å². The third-order valence-corrected chi connectivity index (χ3v) is 4.09. The van der Waals surface area contributed by atoms with Crippen LogP contribution in [0.15, 0.2) is 0 Å². The number of carboxylic acids is 1. The maximum atomic E-state index is 11.7. The highest BCUT2D eigenvalue weighted by Crippen LogP contribution is 2.11. The number of carbonyl (C=O) groups is 2. The van der Waals surface area contributed by atoms with Gasteiger partial charge < -0.3 is 15.7 Å². The molecule has 122 valence electrons. The second kappa shape index (κ2) is 9.60. The number of hydrogen-bond donors (Lipinski definition) is 3. The number of likely N-dealkylation sites (tertiary alicyclic amines) is 1. The predicted octanol–water partition coefficient (Wildman–Crippen LogP) is 1.66. The standard InChI is InChI=1S/C15H29N3O3/c1-12(14(19)20)7-6-8-16-15(21)17-11-13(2)18-9-4-3-5-10-18/h12-13H,3-11H2,1-2H3,(H,19,20)(H2,16,17,21). The Labute approximate surface area is 127 Å². The van der Waals surface area contributed by atoms with Crippen LogP contribution in [0.25, 0.3) is 0 Å². The van der Waals surface area contributed by atoms with E-state index < -0.39 is 5.97 Å². The summed E-state index contributed by atoms with van der Waals surface area (Å²) < 4.78 is 0. The SMILES string of the molecule is CC(CCCNC(=O)NCC(C)N1CCCCC1)C(=O)O. The van der Waals surface area contributed by atoms with E-state index in [0.29, 0.717) is 32.0 Å². The number of rotatable bonds is 8. The Morgan fingerprint density at radius 1 is 1.14 bits per heavy atom. The van der Waals surface area contributed by atoms with Crippen molar-refractivity contribution in [2.45, 2.75) is 52.0 Å². The quantitative estimate of drug-likeness (QED) is 0.595. The van der Waals surface area contributed by atoms with Gasteiger partial charge in [0.1, 0.15) is 0 Å². The molecule has 0 bridgehead atoms. The third kappa shape index (κ3) is 7.32. The van der Waals surface area contributed by atoms with Gasteiger partial charge in [-0.25, -0.2) is 4.79 Å². The Balaban J connectivity index is 2.06. The van der Waals surface area contributed by atoms with E-state index in [2.05, 4.69) is 22.5 Å². The van der Waals surface area contributed by atoms with Crippen molar-refractivity contribution in [2.24, 2.45) is 5.92 Å². The van der Waals surface area contributed by atoms with Crippen molar-refractivity contribution in [3.63, 3.8) is 0 Å². The van der Waals surface area contributed by atoms with Gasteiger partial charge in [0.05, 0.1) is 5.92 Å². The summed E-state index contributed by atoms with van der Waals surface area (Å²) in [6, 6.07) is 0.199. The van der Waals surface area contributed by atoms with E-state index >= 15 is 0 Å². The summed E-state index contributed by atoms with van der Waals surface area (Å²) in [5.74, 6) is -1.14. The summed E-state index contributed by atoms with van der Waals surface area (Å²) in [4.78, 5) is 24.7. The van der Waals surface area contributed by atoms with Gasteiger partial charge in [0.15, 0.2) is 0 Å². The molecule has 0 radical (unpaired) electrons. The van der Waals surface area contributed by atoms with Crippen LogP contribution in [-0.2, 0) is 4.79 Å². The highest BCUT2D eigenvalue weighted by molar-refractivity contribution is 5.73. The van der Waals surface area contributed by atoms with Crippen LogP contribution in [0, 0.1) is 5.92 Å². The smallest absolute Gasteiger partial charge is 0.314 e. The molecule has 6 heteroatoms. The lowest BCUT2D eigenvalue weighted by Crippen LogP contribution is -2.46. The zero-order valence-electron chi connectivity index (χ0n) is 13.2. The van der Waals surface area contributed by atoms with Crippen molar-refractivity contribution >= 4 is 12.0 Å². The minimum Gasteiger partial charge on any atom is -0.481 e. The Bertz CT molecular complexity index is 330. The second-order valence-electron chi connectivity index (χ2n) is 5.96. The molecule has 2 amide bonds. The van der Waals surface area contributed by atoms with Crippen molar-refractivity contribution in [2.75, 3.05) is 26.2 Å². The van der Waals surface area contributed by atoms with E-state index in [0.717, 1.165) is 13.1 Å². The number of nitrogens with zero attached hydrogens (tertiary/aromatic N) is 1. The Morgan fingerprint density at radius 3 is 2.43 bits per heavy atom. The first-order valence-corrected chi connectivity index (χ1v) is 7.99. The summed E-state index contributed by atoms with van der Waals surface area (Å²) in [5, 5.41) is 14.4. The fraction of sp³-hybridized carbons (Fsp3) is 0.867. The van der Waals surface area contributed by atoms with E-state index in [9.17, 15) is 9.59 Å². The first-order chi connectivity index (χ1) is 10.0. The lowest BCUT2D eigenvalue weighted by molar-refractivity contribution is -0.141. The molecular weight excluding hydrogens is 270 g/mol. The molecule has 1 aliphatic rings. The molecule has 0 aromatic heterocycles. The lowest BCUT2D eigenvalue weighted by atomic mass is 10.1. The number of carbonyl (C=O) groups excluding carboxylic acids is 1. The van der Waals surface area contributed by atoms with Gasteiger partial charge in [-0.15, -0.1) is 0 Å². The van der Waals surface area contributed by atoms with E-state index in [1.807, 2.05) is 0 Å². The van der Waals surface area contributed by atoms with Gasteiger partial charge in [-0.1, -0.05) is 13.3 Å². The molecule has 1 rings (SSSR count). The minimum atomic E-state index is -0.783. The fourth-order valence-corrected chi connectivity index (χ4v) is 2.52. The molecule has 0 aromatic carbocycles. The molecule has 1 heterocycles. The molecule has 0 aliphatic carbocycles. The number of hydrogen-bond acceptors (Lipinski definition) is 3. The normalized spacial score (nSPS) is 18.8. The molecule has 0 spiro atoms. The van der Waals surface area contributed by atoms with Crippen LogP contribution in [0.5, 0.6) is 0 Å². The maximum Gasteiger partial charge on any atom is 0.314 e.